The third kappa shape index (κ3) is 2.64. The molecule has 1 aromatic carbocycles. The number of hydrogen-bond acceptors (Lipinski definition) is 2. The molecule has 2 nitrogen and oxygen atoms in total. The van der Waals surface area contributed by atoms with Gasteiger partial charge in [0.15, 0.2) is 0 Å². The average molecular weight is 285 g/mol. The standard InChI is InChI=1S/C19H27NO/c1-2-6-17(7-3-1)18-13-20(12-16-8-11-21-14-16)15-19(18)9-4-5-10-19/h1-3,6-7,16,18H,4-5,8-15H2/t16-,18+/m0/s1. The van der Waals surface area contributed by atoms with Crippen molar-refractivity contribution in [1.82, 2.24) is 4.90 Å². The van der Waals surface area contributed by atoms with Gasteiger partial charge >= 0.3 is 0 Å². The number of rotatable bonds is 3. The van der Waals surface area contributed by atoms with Gasteiger partial charge in [-0.25, -0.2) is 0 Å². The van der Waals surface area contributed by atoms with Crippen LogP contribution in [0.2, 0.25) is 0 Å². The summed E-state index contributed by atoms with van der Waals surface area (Å²) in [6, 6.07) is 11.3. The Morgan fingerprint density at radius 3 is 2.67 bits per heavy atom. The van der Waals surface area contributed by atoms with E-state index in [1.165, 1.54) is 51.7 Å². The maximum absolute atomic E-state index is 5.57. The number of benzene rings is 1. The molecule has 0 radical (unpaired) electrons. The summed E-state index contributed by atoms with van der Waals surface area (Å²) in [5.74, 6) is 1.53. The van der Waals surface area contributed by atoms with Crippen LogP contribution >= 0.6 is 0 Å². The Labute approximate surface area is 128 Å². The average Bonchev–Trinajstić information content (AvgIpc) is 3.24. The van der Waals surface area contributed by atoms with Crippen LogP contribution in [0.5, 0.6) is 0 Å². The molecule has 3 aliphatic rings. The third-order valence-corrected chi connectivity index (χ3v) is 6.06. The maximum atomic E-state index is 5.57. The zero-order valence-corrected chi connectivity index (χ0v) is 13.0. The van der Waals surface area contributed by atoms with Gasteiger partial charge in [0.1, 0.15) is 0 Å². The maximum Gasteiger partial charge on any atom is 0.0507 e. The molecule has 21 heavy (non-hydrogen) atoms. The van der Waals surface area contributed by atoms with Crippen molar-refractivity contribution in [3.05, 3.63) is 35.9 Å². The molecular weight excluding hydrogens is 258 g/mol. The second-order valence-corrected chi connectivity index (χ2v) is 7.46. The lowest BCUT2D eigenvalue weighted by atomic mass is 9.73. The second-order valence-electron chi connectivity index (χ2n) is 7.46. The predicted molar refractivity (Wildman–Crippen MR) is 85.5 cm³/mol. The summed E-state index contributed by atoms with van der Waals surface area (Å²) in [5.41, 5.74) is 2.14. The summed E-state index contributed by atoms with van der Waals surface area (Å²) >= 11 is 0. The fourth-order valence-electron chi connectivity index (χ4n) is 5.03. The zero-order chi connectivity index (χ0) is 14.1. The lowest BCUT2D eigenvalue weighted by Gasteiger charge is -2.30. The van der Waals surface area contributed by atoms with Crippen LogP contribution in [-0.2, 0) is 4.74 Å². The van der Waals surface area contributed by atoms with Crippen molar-refractivity contribution >= 4 is 0 Å². The van der Waals surface area contributed by atoms with E-state index in [1.807, 2.05) is 0 Å². The fourth-order valence-corrected chi connectivity index (χ4v) is 5.03. The van der Waals surface area contributed by atoms with Crippen LogP contribution < -0.4 is 0 Å². The van der Waals surface area contributed by atoms with Crippen LogP contribution in [-0.4, -0.2) is 37.7 Å². The summed E-state index contributed by atoms with van der Waals surface area (Å²) in [6.45, 7) is 5.81. The van der Waals surface area contributed by atoms with Crippen molar-refractivity contribution in [1.29, 1.82) is 0 Å². The molecule has 1 aliphatic carbocycles. The van der Waals surface area contributed by atoms with Gasteiger partial charge in [-0.1, -0.05) is 43.2 Å². The molecule has 4 rings (SSSR count). The zero-order valence-electron chi connectivity index (χ0n) is 13.0. The summed E-state index contributed by atoms with van der Waals surface area (Å²) in [6.07, 6.45) is 7.00. The van der Waals surface area contributed by atoms with Gasteiger partial charge in [0.05, 0.1) is 6.61 Å². The molecule has 1 saturated carbocycles. The van der Waals surface area contributed by atoms with E-state index in [0.717, 1.165) is 25.0 Å². The van der Waals surface area contributed by atoms with Gasteiger partial charge in [-0.05, 0) is 36.2 Å². The van der Waals surface area contributed by atoms with Crippen molar-refractivity contribution in [3.63, 3.8) is 0 Å². The summed E-state index contributed by atoms with van der Waals surface area (Å²) in [7, 11) is 0. The summed E-state index contributed by atoms with van der Waals surface area (Å²) < 4.78 is 5.57. The van der Waals surface area contributed by atoms with E-state index in [0.29, 0.717) is 5.41 Å². The van der Waals surface area contributed by atoms with Crippen LogP contribution in [0.4, 0.5) is 0 Å². The molecule has 1 spiro atoms. The first kappa shape index (κ1) is 13.8. The monoisotopic (exact) mass is 285 g/mol. The largest absolute Gasteiger partial charge is 0.381 e. The van der Waals surface area contributed by atoms with Crippen molar-refractivity contribution in [2.75, 3.05) is 32.8 Å². The number of nitrogens with zero attached hydrogens (tertiary/aromatic N) is 1. The lowest BCUT2D eigenvalue weighted by molar-refractivity contribution is 0.169. The topological polar surface area (TPSA) is 12.5 Å². The van der Waals surface area contributed by atoms with E-state index in [1.54, 1.807) is 5.56 Å². The van der Waals surface area contributed by atoms with Crippen LogP contribution in [0.15, 0.2) is 30.3 Å². The highest BCUT2D eigenvalue weighted by Gasteiger charge is 2.48. The van der Waals surface area contributed by atoms with Crippen molar-refractivity contribution in [2.24, 2.45) is 11.3 Å². The minimum absolute atomic E-state index is 0.570. The van der Waals surface area contributed by atoms with E-state index >= 15 is 0 Å². The van der Waals surface area contributed by atoms with Crippen LogP contribution in [0.25, 0.3) is 0 Å². The minimum atomic E-state index is 0.570. The quantitative estimate of drug-likeness (QED) is 0.840. The highest BCUT2D eigenvalue weighted by Crippen LogP contribution is 2.53. The molecule has 0 unspecified atom stereocenters. The summed E-state index contributed by atoms with van der Waals surface area (Å²) in [5, 5.41) is 0. The van der Waals surface area contributed by atoms with Crippen LogP contribution in [0.1, 0.15) is 43.6 Å². The van der Waals surface area contributed by atoms with Gasteiger partial charge in [-0.3, -0.25) is 0 Å². The highest BCUT2D eigenvalue weighted by molar-refractivity contribution is 5.25. The molecule has 2 heterocycles. The molecule has 2 atom stereocenters. The van der Waals surface area contributed by atoms with E-state index < -0.39 is 0 Å². The smallest absolute Gasteiger partial charge is 0.0507 e. The van der Waals surface area contributed by atoms with Gasteiger partial charge in [0, 0.05) is 32.2 Å². The van der Waals surface area contributed by atoms with Crippen molar-refractivity contribution < 1.29 is 4.74 Å². The van der Waals surface area contributed by atoms with Crippen molar-refractivity contribution in [2.45, 2.75) is 38.0 Å². The third-order valence-electron chi connectivity index (χ3n) is 6.06. The Morgan fingerprint density at radius 1 is 1.14 bits per heavy atom. The highest BCUT2D eigenvalue weighted by atomic mass is 16.5. The number of likely N-dealkylation sites (tertiary alicyclic amines) is 1. The molecule has 0 N–H and O–H groups in total. The lowest BCUT2D eigenvalue weighted by Crippen LogP contribution is -2.30. The Morgan fingerprint density at radius 2 is 1.95 bits per heavy atom. The van der Waals surface area contributed by atoms with E-state index in [2.05, 4.69) is 35.2 Å². The Bertz CT molecular complexity index is 460. The molecule has 1 aromatic rings. The van der Waals surface area contributed by atoms with Crippen LogP contribution in [0, 0.1) is 11.3 Å². The van der Waals surface area contributed by atoms with Gasteiger partial charge in [0.25, 0.3) is 0 Å². The molecule has 2 aliphatic heterocycles. The predicted octanol–water partition coefficient (Wildman–Crippen LogP) is 3.68. The van der Waals surface area contributed by atoms with Gasteiger partial charge in [-0.15, -0.1) is 0 Å². The SMILES string of the molecule is c1ccc([C@H]2CN(C[C@@H]3CCOC3)CC23CCCC3)cc1. The van der Waals surface area contributed by atoms with Gasteiger partial charge in [0.2, 0.25) is 0 Å². The first-order valence-electron chi connectivity index (χ1n) is 8.71. The van der Waals surface area contributed by atoms with Gasteiger partial charge < -0.3 is 9.64 Å². The van der Waals surface area contributed by atoms with E-state index in [-0.39, 0.29) is 0 Å². The Balaban J connectivity index is 1.53. The molecule has 2 saturated heterocycles. The molecule has 0 amide bonds. The number of hydrogen-bond donors (Lipinski definition) is 0. The number of ether oxygens (including phenoxy) is 1. The summed E-state index contributed by atoms with van der Waals surface area (Å²) in [4.78, 5) is 2.75. The normalized spacial score (nSPS) is 32.2. The molecule has 0 aromatic heterocycles. The first-order valence-corrected chi connectivity index (χ1v) is 8.71. The molecular formula is C19H27NO. The minimum Gasteiger partial charge on any atom is -0.381 e. The molecule has 2 heteroatoms. The van der Waals surface area contributed by atoms with Crippen molar-refractivity contribution in [3.8, 4) is 0 Å². The molecule has 114 valence electrons. The Kier molecular flexibility index (Phi) is 3.76. The van der Waals surface area contributed by atoms with E-state index in [4.69, 9.17) is 4.74 Å². The van der Waals surface area contributed by atoms with E-state index in [9.17, 15) is 0 Å². The Hall–Kier alpha value is -0.860. The second kappa shape index (κ2) is 5.73. The molecule has 3 fully saturated rings. The van der Waals surface area contributed by atoms with Crippen LogP contribution in [0.3, 0.4) is 0 Å². The first-order chi connectivity index (χ1) is 10.4. The fraction of sp³-hybridized carbons (Fsp3) is 0.684. The molecule has 0 bridgehead atoms. The van der Waals surface area contributed by atoms with Gasteiger partial charge in [-0.2, -0.15) is 0 Å².